The van der Waals surface area contributed by atoms with E-state index in [1.54, 1.807) is 30.3 Å². The third kappa shape index (κ3) is 2.60. The SMILES string of the molecule is COc1cc(NC(=O)c2ccccc2)ccc1N. The summed E-state index contributed by atoms with van der Waals surface area (Å²) in [7, 11) is 1.54. The van der Waals surface area contributed by atoms with E-state index in [-0.39, 0.29) is 5.91 Å². The molecular formula is C14H14N2O2. The van der Waals surface area contributed by atoms with Crippen molar-refractivity contribution in [3.05, 3.63) is 54.1 Å². The molecule has 4 heteroatoms. The number of carbonyl (C=O) groups is 1. The fraction of sp³-hybridized carbons (Fsp3) is 0.0714. The molecule has 3 N–H and O–H groups in total. The first-order chi connectivity index (χ1) is 8.70. The standard InChI is InChI=1S/C14H14N2O2/c1-18-13-9-11(7-8-12(13)15)16-14(17)10-5-3-2-4-6-10/h2-9H,15H2,1H3,(H,16,17). The van der Waals surface area contributed by atoms with Crippen LogP contribution in [0.2, 0.25) is 0 Å². The first kappa shape index (κ1) is 12.0. The summed E-state index contributed by atoms with van der Waals surface area (Å²) in [5, 5.41) is 2.79. The van der Waals surface area contributed by atoms with Crippen LogP contribution in [-0.2, 0) is 0 Å². The van der Waals surface area contributed by atoms with E-state index in [4.69, 9.17) is 10.5 Å². The number of amides is 1. The quantitative estimate of drug-likeness (QED) is 0.813. The summed E-state index contributed by atoms with van der Waals surface area (Å²) in [6, 6.07) is 14.1. The molecule has 2 aromatic rings. The number of rotatable bonds is 3. The molecule has 0 atom stereocenters. The van der Waals surface area contributed by atoms with E-state index in [1.165, 1.54) is 7.11 Å². The predicted octanol–water partition coefficient (Wildman–Crippen LogP) is 2.53. The molecule has 2 rings (SSSR count). The van der Waals surface area contributed by atoms with Crippen molar-refractivity contribution in [1.82, 2.24) is 0 Å². The van der Waals surface area contributed by atoms with Crippen LogP contribution in [-0.4, -0.2) is 13.0 Å². The molecule has 0 aliphatic carbocycles. The van der Waals surface area contributed by atoms with E-state index in [1.807, 2.05) is 18.2 Å². The molecule has 1 amide bonds. The van der Waals surface area contributed by atoms with E-state index >= 15 is 0 Å². The average Bonchev–Trinajstić information content (AvgIpc) is 2.42. The van der Waals surface area contributed by atoms with E-state index in [9.17, 15) is 4.79 Å². The van der Waals surface area contributed by atoms with E-state index in [0.717, 1.165) is 0 Å². The second-order valence-corrected chi connectivity index (χ2v) is 3.78. The van der Waals surface area contributed by atoms with Gasteiger partial charge in [-0.1, -0.05) is 18.2 Å². The highest BCUT2D eigenvalue weighted by Gasteiger charge is 2.06. The molecule has 0 bridgehead atoms. The Bertz CT molecular complexity index is 553. The number of hydrogen-bond acceptors (Lipinski definition) is 3. The molecule has 18 heavy (non-hydrogen) atoms. The maximum absolute atomic E-state index is 11.9. The number of methoxy groups -OCH3 is 1. The third-order valence-electron chi connectivity index (χ3n) is 2.53. The van der Waals surface area contributed by atoms with Gasteiger partial charge in [-0.2, -0.15) is 0 Å². The lowest BCUT2D eigenvalue weighted by Crippen LogP contribution is -2.11. The van der Waals surface area contributed by atoms with Gasteiger partial charge in [-0.15, -0.1) is 0 Å². The zero-order chi connectivity index (χ0) is 13.0. The number of nitrogens with one attached hydrogen (secondary N) is 1. The second kappa shape index (κ2) is 5.23. The highest BCUT2D eigenvalue weighted by Crippen LogP contribution is 2.25. The Kier molecular flexibility index (Phi) is 3.48. The summed E-state index contributed by atoms with van der Waals surface area (Å²) in [6.07, 6.45) is 0. The molecule has 0 radical (unpaired) electrons. The predicted molar refractivity (Wildman–Crippen MR) is 71.8 cm³/mol. The van der Waals surface area contributed by atoms with Crippen molar-refractivity contribution in [3.63, 3.8) is 0 Å². The van der Waals surface area contributed by atoms with Gasteiger partial charge in [0.05, 0.1) is 12.8 Å². The molecular weight excluding hydrogens is 228 g/mol. The Labute approximate surface area is 105 Å². The van der Waals surface area contributed by atoms with Crippen LogP contribution in [0.1, 0.15) is 10.4 Å². The van der Waals surface area contributed by atoms with Crippen molar-refractivity contribution in [2.24, 2.45) is 0 Å². The van der Waals surface area contributed by atoms with Gasteiger partial charge in [0, 0.05) is 17.3 Å². The summed E-state index contributed by atoms with van der Waals surface area (Å²) in [4.78, 5) is 11.9. The minimum absolute atomic E-state index is 0.164. The number of ether oxygens (including phenoxy) is 1. The van der Waals surface area contributed by atoms with Crippen molar-refractivity contribution >= 4 is 17.3 Å². The minimum atomic E-state index is -0.164. The average molecular weight is 242 g/mol. The fourth-order valence-electron chi connectivity index (χ4n) is 1.58. The molecule has 92 valence electrons. The molecule has 0 aromatic heterocycles. The van der Waals surface area contributed by atoms with Crippen LogP contribution in [0, 0.1) is 0 Å². The van der Waals surface area contributed by atoms with Gasteiger partial charge in [-0.05, 0) is 24.3 Å². The second-order valence-electron chi connectivity index (χ2n) is 3.78. The van der Waals surface area contributed by atoms with Crippen molar-refractivity contribution in [1.29, 1.82) is 0 Å². The first-order valence-electron chi connectivity index (χ1n) is 5.50. The van der Waals surface area contributed by atoms with Crippen molar-refractivity contribution < 1.29 is 9.53 Å². The summed E-state index contributed by atoms with van der Waals surface area (Å²) in [6.45, 7) is 0. The zero-order valence-electron chi connectivity index (χ0n) is 10.0. The Morgan fingerprint density at radius 1 is 1.17 bits per heavy atom. The van der Waals surface area contributed by atoms with Gasteiger partial charge in [0.25, 0.3) is 5.91 Å². The van der Waals surface area contributed by atoms with E-state index in [0.29, 0.717) is 22.7 Å². The van der Waals surface area contributed by atoms with Gasteiger partial charge in [0.2, 0.25) is 0 Å². The molecule has 0 saturated heterocycles. The van der Waals surface area contributed by atoms with Crippen molar-refractivity contribution in [3.8, 4) is 5.75 Å². The topological polar surface area (TPSA) is 64.3 Å². The Hall–Kier alpha value is -2.49. The maximum Gasteiger partial charge on any atom is 0.255 e. The number of nitrogen functional groups attached to an aromatic ring is 1. The van der Waals surface area contributed by atoms with E-state index in [2.05, 4.69) is 5.32 Å². The third-order valence-corrected chi connectivity index (χ3v) is 2.53. The minimum Gasteiger partial charge on any atom is -0.495 e. The van der Waals surface area contributed by atoms with Crippen molar-refractivity contribution in [2.75, 3.05) is 18.2 Å². The highest BCUT2D eigenvalue weighted by atomic mass is 16.5. The van der Waals surface area contributed by atoms with Gasteiger partial charge < -0.3 is 15.8 Å². The lowest BCUT2D eigenvalue weighted by molar-refractivity contribution is 0.102. The molecule has 0 heterocycles. The zero-order valence-corrected chi connectivity index (χ0v) is 10.0. The van der Waals surface area contributed by atoms with Crippen LogP contribution < -0.4 is 15.8 Å². The van der Waals surface area contributed by atoms with Crippen LogP contribution in [0.3, 0.4) is 0 Å². The number of hydrogen-bond donors (Lipinski definition) is 2. The monoisotopic (exact) mass is 242 g/mol. The molecule has 0 fully saturated rings. The lowest BCUT2D eigenvalue weighted by atomic mass is 10.2. The summed E-state index contributed by atoms with van der Waals surface area (Å²) in [5.74, 6) is 0.378. The summed E-state index contributed by atoms with van der Waals surface area (Å²) in [5.41, 5.74) is 7.49. The van der Waals surface area contributed by atoms with Gasteiger partial charge in [0.1, 0.15) is 5.75 Å². The number of anilines is 2. The Morgan fingerprint density at radius 2 is 1.89 bits per heavy atom. The van der Waals surface area contributed by atoms with Gasteiger partial charge in [0.15, 0.2) is 0 Å². The van der Waals surface area contributed by atoms with Crippen LogP contribution in [0.15, 0.2) is 48.5 Å². The van der Waals surface area contributed by atoms with Gasteiger partial charge in [-0.25, -0.2) is 0 Å². The molecule has 0 unspecified atom stereocenters. The maximum atomic E-state index is 11.9. The Morgan fingerprint density at radius 3 is 2.56 bits per heavy atom. The summed E-state index contributed by atoms with van der Waals surface area (Å²) >= 11 is 0. The van der Waals surface area contributed by atoms with Gasteiger partial charge >= 0.3 is 0 Å². The van der Waals surface area contributed by atoms with Gasteiger partial charge in [-0.3, -0.25) is 4.79 Å². The number of carbonyl (C=O) groups excluding carboxylic acids is 1. The number of benzene rings is 2. The number of nitrogens with two attached hydrogens (primary N) is 1. The van der Waals surface area contributed by atoms with Crippen molar-refractivity contribution in [2.45, 2.75) is 0 Å². The highest BCUT2D eigenvalue weighted by molar-refractivity contribution is 6.04. The fourth-order valence-corrected chi connectivity index (χ4v) is 1.58. The van der Waals surface area contributed by atoms with Crippen LogP contribution in [0.25, 0.3) is 0 Å². The van der Waals surface area contributed by atoms with Crippen LogP contribution in [0.5, 0.6) is 5.75 Å². The molecule has 0 aliphatic heterocycles. The van der Waals surface area contributed by atoms with Crippen LogP contribution >= 0.6 is 0 Å². The first-order valence-corrected chi connectivity index (χ1v) is 5.50. The lowest BCUT2D eigenvalue weighted by Gasteiger charge is -2.09. The molecule has 2 aromatic carbocycles. The smallest absolute Gasteiger partial charge is 0.255 e. The molecule has 0 aliphatic rings. The normalized spacial score (nSPS) is 9.83. The molecule has 0 spiro atoms. The largest absolute Gasteiger partial charge is 0.495 e. The van der Waals surface area contributed by atoms with E-state index < -0.39 is 0 Å². The molecule has 4 nitrogen and oxygen atoms in total. The molecule has 0 saturated carbocycles. The van der Waals surface area contributed by atoms with Crippen LogP contribution in [0.4, 0.5) is 11.4 Å². The summed E-state index contributed by atoms with van der Waals surface area (Å²) < 4.78 is 5.10. The Balaban J connectivity index is 2.17.